The van der Waals surface area contributed by atoms with Crippen molar-refractivity contribution in [3.8, 4) is 0 Å². The molecule has 0 amide bonds. The summed E-state index contributed by atoms with van der Waals surface area (Å²) in [6, 6.07) is 8.92. The van der Waals surface area contributed by atoms with Crippen LogP contribution in [0.5, 0.6) is 0 Å². The van der Waals surface area contributed by atoms with Gasteiger partial charge in [0, 0.05) is 0 Å². The van der Waals surface area contributed by atoms with Gasteiger partial charge in [-0.25, -0.2) is 0 Å². The van der Waals surface area contributed by atoms with Crippen LogP contribution in [0.1, 0.15) is 36.3 Å². The Morgan fingerprint density at radius 3 is 2.86 bits per heavy atom. The molecule has 1 heteroatoms. The number of rotatable bonds is 2. The Morgan fingerprint density at radius 1 is 1.36 bits per heavy atom. The van der Waals surface area contributed by atoms with E-state index >= 15 is 0 Å². The lowest BCUT2D eigenvalue weighted by Crippen LogP contribution is -2.10. The van der Waals surface area contributed by atoms with Crippen molar-refractivity contribution >= 4 is 0 Å². The zero-order valence-corrected chi connectivity index (χ0v) is 8.87. The van der Waals surface area contributed by atoms with Crippen molar-refractivity contribution in [3.05, 3.63) is 35.4 Å². The lowest BCUT2D eigenvalue weighted by atomic mass is 9.95. The number of benzene rings is 1. The minimum Gasteiger partial charge on any atom is -0.330 e. The summed E-state index contributed by atoms with van der Waals surface area (Å²) < 4.78 is 0. The van der Waals surface area contributed by atoms with Crippen LogP contribution in [0.3, 0.4) is 0 Å². The summed E-state index contributed by atoms with van der Waals surface area (Å²) in [5.41, 5.74) is 8.59. The van der Waals surface area contributed by atoms with E-state index in [1.807, 2.05) is 0 Å². The van der Waals surface area contributed by atoms with Crippen LogP contribution in [0.2, 0.25) is 0 Å². The first-order valence-corrected chi connectivity index (χ1v) is 5.56. The van der Waals surface area contributed by atoms with Crippen molar-refractivity contribution in [1.29, 1.82) is 0 Å². The van der Waals surface area contributed by atoms with Gasteiger partial charge in [-0.1, -0.05) is 29.8 Å². The maximum Gasteiger partial charge on any atom is -0.00486 e. The van der Waals surface area contributed by atoms with Gasteiger partial charge in [0.05, 0.1) is 0 Å². The fraction of sp³-hybridized carbons (Fsp3) is 0.538. The molecule has 2 N–H and O–H groups in total. The molecule has 1 saturated carbocycles. The fourth-order valence-corrected chi connectivity index (χ4v) is 2.52. The highest BCUT2D eigenvalue weighted by atomic mass is 14.6. The summed E-state index contributed by atoms with van der Waals surface area (Å²) in [6.07, 6.45) is 3.93. The van der Waals surface area contributed by atoms with Crippen LogP contribution in [-0.2, 0) is 0 Å². The minimum atomic E-state index is 0.764. The van der Waals surface area contributed by atoms with Crippen molar-refractivity contribution < 1.29 is 0 Å². The zero-order chi connectivity index (χ0) is 9.97. The molecule has 1 aromatic rings. The largest absolute Gasteiger partial charge is 0.330 e. The topological polar surface area (TPSA) is 26.0 Å². The van der Waals surface area contributed by atoms with E-state index in [1.54, 1.807) is 0 Å². The fourth-order valence-electron chi connectivity index (χ4n) is 2.52. The van der Waals surface area contributed by atoms with Crippen LogP contribution in [0, 0.1) is 12.8 Å². The number of aryl methyl sites for hydroxylation is 1. The van der Waals surface area contributed by atoms with Gasteiger partial charge in [0.25, 0.3) is 0 Å². The van der Waals surface area contributed by atoms with E-state index in [9.17, 15) is 0 Å². The lowest BCUT2D eigenvalue weighted by Gasteiger charge is -2.11. The zero-order valence-electron chi connectivity index (χ0n) is 8.87. The van der Waals surface area contributed by atoms with E-state index in [0.717, 1.165) is 18.4 Å². The molecule has 1 aromatic carbocycles. The summed E-state index contributed by atoms with van der Waals surface area (Å²) in [6.45, 7) is 3.03. The SMILES string of the molecule is Cc1cccc(C2CCC(CN)C2)c1. The van der Waals surface area contributed by atoms with Gasteiger partial charge in [-0.05, 0) is 50.1 Å². The molecule has 0 aromatic heterocycles. The van der Waals surface area contributed by atoms with E-state index < -0.39 is 0 Å². The predicted octanol–water partition coefficient (Wildman–Crippen LogP) is 2.84. The average Bonchev–Trinajstić information content (AvgIpc) is 2.66. The smallest absolute Gasteiger partial charge is 0.00486 e. The third kappa shape index (κ3) is 1.98. The van der Waals surface area contributed by atoms with E-state index in [0.29, 0.717) is 0 Å². The summed E-state index contributed by atoms with van der Waals surface area (Å²) >= 11 is 0. The molecule has 0 spiro atoms. The highest BCUT2D eigenvalue weighted by Crippen LogP contribution is 2.37. The Morgan fingerprint density at radius 2 is 2.21 bits per heavy atom. The van der Waals surface area contributed by atoms with Gasteiger partial charge in [0.15, 0.2) is 0 Å². The molecule has 2 rings (SSSR count). The quantitative estimate of drug-likeness (QED) is 0.760. The Bertz CT molecular complexity index is 306. The van der Waals surface area contributed by atoms with Gasteiger partial charge in [0.1, 0.15) is 0 Å². The summed E-state index contributed by atoms with van der Waals surface area (Å²) in [5, 5.41) is 0. The van der Waals surface area contributed by atoms with Crippen molar-refractivity contribution in [3.63, 3.8) is 0 Å². The molecule has 14 heavy (non-hydrogen) atoms. The molecular formula is C13H19N. The van der Waals surface area contributed by atoms with Gasteiger partial charge < -0.3 is 5.73 Å². The molecule has 1 fully saturated rings. The predicted molar refractivity (Wildman–Crippen MR) is 60.3 cm³/mol. The summed E-state index contributed by atoms with van der Waals surface area (Å²) in [5.74, 6) is 1.53. The Kier molecular flexibility index (Phi) is 2.87. The van der Waals surface area contributed by atoms with Gasteiger partial charge >= 0.3 is 0 Å². The Labute approximate surface area is 86.3 Å². The third-order valence-electron chi connectivity index (χ3n) is 3.39. The molecule has 1 nitrogen and oxygen atoms in total. The van der Waals surface area contributed by atoms with Crippen LogP contribution < -0.4 is 5.73 Å². The van der Waals surface area contributed by atoms with Crippen LogP contribution in [0.25, 0.3) is 0 Å². The second-order valence-electron chi connectivity index (χ2n) is 4.53. The molecule has 2 unspecified atom stereocenters. The van der Waals surface area contributed by atoms with Crippen molar-refractivity contribution in [2.75, 3.05) is 6.54 Å². The van der Waals surface area contributed by atoms with E-state index in [2.05, 4.69) is 31.2 Å². The van der Waals surface area contributed by atoms with Gasteiger partial charge in [0.2, 0.25) is 0 Å². The van der Waals surface area contributed by atoms with Crippen molar-refractivity contribution in [1.82, 2.24) is 0 Å². The second kappa shape index (κ2) is 4.14. The van der Waals surface area contributed by atoms with Gasteiger partial charge in [-0.3, -0.25) is 0 Å². The third-order valence-corrected chi connectivity index (χ3v) is 3.39. The molecule has 0 radical (unpaired) electrons. The molecule has 0 heterocycles. The first-order chi connectivity index (χ1) is 6.79. The highest BCUT2D eigenvalue weighted by Gasteiger charge is 2.24. The van der Waals surface area contributed by atoms with Gasteiger partial charge in [-0.15, -0.1) is 0 Å². The van der Waals surface area contributed by atoms with Crippen LogP contribution in [-0.4, -0.2) is 6.54 Å². The molecule has 0 saturated heterocycles. The van der Waals surface area contributed by atoms with E-state index in [1.165, 1.54) is 30.4 Å². The minimum absolute atomic E-state index is 0.764. The standard InChI is InChI=1S/C13H19N/c1-10-3-2-4-12(7-10)13-6-5-11(8-13)9-14/h2-4,7,11,13H,5-6,8-9,14H2,1H3. The molecule has 1 aliphatic rings. The molecule has 76 valence electrons. The van der Waals surface area contributed by atoms with Crippen LogP contribution >= 0.6 is 0 Å². The van der Waals surface area contributed by atoms with Crippen molar-refractivity contribution in [2.45, 2.75) is 32.1 Å². The highest BCUT2D eigenvalue weighted by molar-refractivity contribution is 5.26. The number of hydrogen-bond donors (Lipinski definition) is 1. The van der Waals surface area contributed by atoms with E-state index in [-0.39, 0.29) is 0 Å². The number of nitrogens with two attached hydrogens (primary N) is 1. The van der Waals surface area contributed by atoms with Crippen molar-refractivity contribution in [2.24, 2.45) is 11.7 Å². The normalized spacial score (nSPS) is 26.7. The summed E-state index contributed by atoms with van der Waals surface area (Å²) in [4.78, 5) is 0. The molecule has 0 bridgehead atoms. The average molecular weight is 189 g/mol. The first kappa shape index (κ1) is 9.72. The van der Waals surface area contributed by atoms with Crippen LogP contribution in [0.15, 0.2) is 24.3 Å². The van der Waals surface area contributed by atoms with E-state index in [4.69, 9.17) is 5.73 Å². The van der Waals surface area contributed by atoms with Crippen LogP contribution in [0.4, 0.5) is 0 Å². The monoisotopic (exact) mass is 189 g/mol. The van der Waals surface area contributed by atoms with Gasteiger partial charge in [-0.2, -0.15) is 0 Å². The maximum absolute atomic E-state index is 5.70. The second-order valence-corrected chi connectivity index (χ2v) is 4.53. The Balaban J connectivity index is 2.09. The lowest BCUT2D eigenvalue weighted by molar-refractivity contribution is 0.551. The maximum atomic E-state index is 5.70. The first-order valence-electron chi connectivity index (χ1n) is 5.56. The Hall–Kier alpha value is -0.820. The number of hydrogen-bond acceptors (Lipinski definition) is 1. The molecule has 0 aliphatic heterocycles. The molecule has 1 aliphatic carbocycles. The molecular weight excluding hydrogens is 170 g/mol. The molecule has 2 atom stereocenters. The summed E-state index contributed by atoms with van der Waals surface area (Å²) in [7, 11) is 0.